The van der Waals surface area contributed by atoms with E-state index in [1.807, 2.05) is 32.0 Å². The molecule has 1 aliphatic rings. The number of oxazole rings is 1. The Morgan fingerprint density at radius 1 is 1.06 bits per heavy atom. The molecule has 0 bridgehead atoms. The standard InChI is InChI=1S/C24H26F2N4O2/c1-16-6-7-17(2)20(12-16)28-24(31)21-15-32-22(27-21)14-30-10-8-29(9-11-30)13-18-4-3-5-19(25)23(18)26/h3-7,12,15H,8-11,13-14H2,1-2H3,(H,28,31). The average Bonchev–Trinajstić information content (AvgIpc) is 3.24. The summed E-state index contributed by atoms with van der Waals surface area (Å²) in [5.74, 6) is -1.43. The second-order valence-corrected chi connectivity index (χ2v) is 8.16. The molecule has 0 saturated carbocycles. The molecule has 0 radical (unpaired) electrons. The minimum absolute atomic E-state index is 0.237. The molecule has 2 heterocycles. The van der Waals surface area contributed by atoms with Crippen LogP contribution in [0.5, 0.6) is 0 Å². The van der Waals surface area contributed by atoms with Crippen molar-refractivity contribution in [1.82, 2.24) is 14.8 Å². The molecule has 32 heavy (non-hydrogen) atoms. The Kier molecular flexibility index (Phi) is 6.62. The number of rotatable bonds is 6. The van der Waals surface area contributed by atoms with Gasteiger partial charge < -0.3 is 9.73 Å². The zero-order valence-corrected chi connectivity index (χ0v) is 18.2. The van der Waals surface area contributed by atoms with E-state index in [0.29, 0.717) is 24.5 Å². The number of halogens is 2. The van der Waals surface area contributed by atoms with Crippen LogP contribution in [-0.4, -0.2) is 46.9 Å². The topological polar surface area (TPSA) is 61.6 Å². The summed E-state index contributed by atoms with van der Waals surface area (Å²) >= 11 is 0. The highest BCUT2D eigenvalue weighted by Gasteiger charge is 2.21. The minimum Gasteiger partial charge on any atom is -0.447 e. The second kappa shape index (κ2) is 9.58. The first-order valence-electron chi connectivity index (χ1n) is 10.6. The van der Waals surface area contributed by atoms with Gasteiger partial charge in [-0.2, -0.15) is 0 Å². The summed E-state index contributed by atoms with van der Waals surface area (Å²) in [6, 6.07) is 10.1. The molecule has 2 aromatic carbocycles. The predicted molar refractivity (Wildman–Crippen MR) is 117 cm³/mol. The van der Waals surface area contributed by atoms with E-state index in [-0.39, 0.29) is 11.6 Å². The van der Waals surface area contributed by atoms with Crippen molar-refractivity contribution in [3.8, 4) is 0 Å². The number of carbonyl (C=O) groups is 1. The molecule has 1 amide bonds. The number of piperazine rings is 1. The van der Waals surface area contributed by atoms with Gasteiger partial charge >= 0.3 is 0 Å². The lowest BCUT2D eigenvalue weighted by Crippen LogP contribution is -2.45. The Hall–Kier alpha value is -3.10. The van der Waals surface area contributed by atoms with Gasteiger partial charge in [-0.25, -0.2) is 13.8 Å². The molecule has 168 valence electrons. The van der Waals surface area contributed by atoms with E-state index in [9.17, 15) is 13.6 Å². The van der Waals surface area contributed by atoms with Crippen LogP contribution in [0, 0.1) is 25.5 Å². The fourth-order valence-corrected chi connectivity index (χ4v) is 3.75. The van der Waals surface area contributed by atoms with Gasteiger partial charge in [0.1, 0.15) is 6.26 Å². The maximum atomic E-state index is 13.9. The Morgan fingerprint density at radius 3 is 2.53 bits per heavy atom. The van der Waals surface area contributed by atoms with E-state index in [0.717, 1.165) is 49.1 Å². The summed E-state index contributed by atoms with van der Waals surface area (Å²) in [5.41, 5.74) is 3.40. The monoisotopic (exact) mass is 440 g/mol. The number of nitrogens with one attached hydrogen (secondary N) is 1. The molecule has 0 aliphatic carbocycles. The Morgan fingerprint density at radius 2 is 1.78 bits per heavy atom. The quantitative estimate of drug-likeness (QED) is 0.624. The Bertz CT molecular complexity index is 1110. The first kappa shape index (κ1) is 22.1. The van der Waals surface area contributed by atoms with Crippen LogP contribution in [0.25, 0.3) is 0 Å². The number of aryl methyl sites for hydroxylation is 2. The van der Waals surface area contributed by atoms with Crippen molar-refractivity contribution < 1.29 is 18.0 Å². The van der Waals surface area contributed by atoms with Crippen molar-refractivity contribution in [3.63, 3.8) is 0 Å². The third-order valence-corrected chi connectivity index (χ3v) is 5.67. The molecule has 1 aliphatic heterocycles. The minimum atomic E-state index is -0.817. The largest absolute Gasteiger partial charge is 0.447 e. The lowest BCUT2D eigenvalue weighted by molar-refractivity contribution is 0.102. The molecular formula is C24H26F2N4O2. The van der Waals surface area contributed by atoms with E-state index in [1.165, 1.54) is 12.3 Å². The van der Waals surface area contributed by atoms with Crippen LogP contribution in [0.4, 0.5) is 14.5 Å². The summed E-state index contributed by atoms with van der Waals surface area (Å²) in [6.07, 6.45) is 1.37. The zero-order valence-electron chi connectivity index (χ0n) is 18.2. The van der Waals surface area contributed by atoms with E-state index in [2.05, 4.69) is 20.1 Å². The predicted octanol–water partition coefficient (Wildman–Crippen LogP) is 4.14. The highest BCUT2D eigenvalue weighted by molar-refractivity contribution is 6.03. The number of hydrogen-bond acceptors (Lipinski definition) is 5. The maximum absolute atomic E-state index is 13.9. The van der Waals surface area contributed by atoms with Crippen LogP contribution in [0.1, 0.15) is 33.1 Å². The van der Waals surface area contributed by atoms with Gasteiger partial charge in [-0.1, -0.05) is 24.3 Å². The highest BCUT2D eigenvalue weighted by atomic mass is 19.2. The number of benzene rings is 2. The molecule has 3 aromatic rings. The van der Waals surface area contributed by atoms with E-state index in [1.54, 1.807) is 6.07 Å². The first-order valence-corrected chi connectivity index (χ1v) is 10.6. The fourth-order valence-electron chi connectivity index (χ4n) is 3.75. The van der Waals surface area contributed by atoms with Crippen LogP contribution in [0.15, 0.2) is 47.1 Å². The average molecular weight is 440 g/mol. The van der Waals surface area contributed by atoms with Crippen molar-refractivity contribution >= 4 is 11.6 Å². The molecule has 4 rings (SSSR count). The summed E-state index contributed by atoms with van der Waals surface area (Å²) < 4.78 is 32.8. The number of anilines is 1. The summed E-state index contributed by atoms with van der Waals surface area (Å²) in [4.78, 5) is 21.1. The van der Waals surface area contributed by atoms with Crippen LogP contribution in [0.3, 0.4) is 0 Å². The number of aromatic nitrogens is 1. The summed E-state index contributed by atoms with van der Waals surface area (Å²) in [6.45, 7) is 7.68. The van der Waals surface area contributed by atoms with Crippen molar-refractivity contribution in [1.29, 1.82) is 0 Å². The smallest absolute Gasteiger partial charge is 0.277 e. The molecule has 8 heteroatoms. The van der Waals surface area contributed by atoms with Gasteiger partial charge in [-0.05, 0) is 37.1 Å². The lowest BCUT2D eigenvalue weighted by atomic mass is 10.1. The third-order valence-electron chi connectivity index (χ3n) is 5.67. The molecule has 0 spiro atoms. The molecule has 0 unspecified atom stereocenters. The van der Waals surface area contributed by atoms with E-state index >= 15 is 0 Å². The SMILES string of the molecule is Cc1ccc(C)c(NC(=O)c2coc(CN3CCN(Cc4cccc(F)c4F)CC3)n2)c1. The van der Waals surface area contributed by atoms with Gasteiger partial charge in [0.2, 0.25) is 5.89 Å². The molecule has 6 nitrogen and oxygen atoms in total. The van der Waals surface area contributed by atoms with Crippen LogP contribution in [0.2, 0.25) is 0 Å². The molecule has 0 atom stereocenters. The van der Waals surface area contributed by atoms with E-state index in [4.69, 9.17) is 4.42 Å². The number of amides is 1. The Labute approximate surface area is 185 Å². The van der Waals surface area contributed by atoms with Crippen LogP contribution < -0.4 is 5.32 Å². The van der Waals surface area contributed by atoms with Gasteiger partial charge in [-0.15, -0.1) is 0 Å². The molecular weight excluding hydrogens is 414 g/mol. The van der Waals surface area contributed by atoms with Gasteiger partial charge in [0.25, 0.3) is 5.91 Å². The summed E-state index contributed by atoms with van der Waals surface area (Å²) in [7, 11) is 0. The Balaban J connectivity index is 1.29. The number of carbonyl (C=O) groups excluding carboxylic acids is 1. The van der Waals surface area contributed by atoms with Crippen molar-refractivity contribution in [2.45, 2.75) is 26.9 Å². The molecule has 1 fully saturated rings. The number of nitrogens with zero attached hydrogens (tertiary/aromatic N) is 3. The molecule has 1 aromatic heterocycles. The van der Waals surface area contributed by atoms with Gasteiger partial charge in [0, 0.05) is 44.0 Å². The fraction of sp³-hybridized carbons (Fsp3) is 0.333. The highest BCUT2D eigenvalue weighted by Crippen LogP contribution is 2.18. The van der Waals surface area contributed by atoms with Crippen LogP contribution >= 0.6 is 0 Å². The van der Waals surface area contributed by atoms with Gasteiger partial charge in [0.05, 0.1) is 6.54 Å². The lowest BCUT2D eigenvalue weighted by Gasteiger charge is -2.34. The number of hydrogen-bond donors (Lipinski definition) is 1. The first-order chi connectivity index (χ1) is 15.4. The second-order valence-electron chi connectivity index (χ2n) is 8.16. The molecule has 1 saturated heterocycles. The summed E-state index contributed by atoms with van der Waals surface area (Å²) in [5, 5.41) is 2.88. The van der Waals surface area contributed by atoms with Crippen molar-refractivity contribution in [3.05, 3.63) is 82.6 Å². The van der Waals surface area contributed by atoms with E-state index < -0.39 is 11.6 Å². The van der Waals surface area contributed by atoms with Crippen LogP contribution in [-0.2, 0) is 13.1 Å². The van der Waals surface area contributed by atoms with Crippen molar-refractivity contribution in [2.24, 2.45) is 0 Å². The van der Waals surface area contributed by atoms with Gasteiger partial charge in [-0.3, -0.25) is 14.6 Å². The molecule has 1 N–H and O–H groups in total. The van der Waals surface area contributed by atoms with Gasteiger partial charge in [0.15, 0.2) is 17.3 Å². The third kappa shape index (κ3) is 5.20. The van der Waals surface area contributed by atoms with Crippen molar-refractivity contribution in [2.75, 3.05) is 31.5 Å². The normalized spacial score (nSPS) is 15.1. The zero-order chi connectivity index (χ0) is 22.7. The maximum Gasteiger partial charge on any atom is 0.277 e.